The molecule has 94 valence electrons. The second-order valence-electron chi connectivity index (χ2n) is 4.17. The quantitative estimate of drug-likeness (QED) is 0.769. The molecule has 0 aliphatic heterocycles. The number of rotatable bonds is 3. The van der Waals surface area contributed by atoms with Crippen LogP contribution in [0.2, 0.25) is 10.0 Å². The summed E-state index contributed by atoms with van der Waals surface area (Å²) >= 11 is 11.9. The second kappa shape index (κ2) is 5.51. The van der Waals surface area contributed by atoms with Crippen LogP contribution in [0.3, 0.4) is 0 Å². The largest absolute Gasteiger partial charge is 0.301 e. The Hall–Kier alpha value is -1.38. The van der Waals surface area contributed by atoms with Crippen LogP contribution in [0.1, 0.15) is 11.1 Å². The first-order chi connectivity index (χ1) is 8.56. The third kappa shape index (κ3) is 3.09. The van der Waals surface area contributed by atoms with Crippen molar-refractivity contribution in [3.63, 3.8) is 0 Å². The van der Waals surface area contributed by atoms with Crippen molar-refractivity contribution in [3.8, 4) is 0 Å². The van der Waals surface area contributed by atoms with E-state index in [0.29, 0.717) is 0 Å². The van der Waals surface area contributed by atoms with Crippen molar-refractivity contribution in [1.82, 2.24) is 0 Å². The molecule has 0 amide bonds. The number of halogens is 2. The Morgan fingerprint density at radius 3 is 2.28 bits per heavy atom. The zero-order valence-electron chi connectivity index (χ0n) is 10.2. The molecular formula is C14H14Cl2N2. The molecule has 2 nitrogen and oxygen atoms in total. The molecule has 4 heteroatoms. The van der Waals surface area contributed by atoms with Gasteiger partial charge >= 0.3 is 0 Å². The number of aryl methyl sites for hydroxylation is 2. The third-order valence-electron chi connectivity index (χ3n) is 2.69. The Morgan fingerprint density at radius 1 is 0.833 bits per heavy atom. The minimum Gasteiger partial charge on any atom is -0.301 e. The van der Waals surface area contributed by atoms with E-state index < -0.39 is 0 Å². The molecule has 0 radical (unpaired) electrons. The highest BCUT2D eigenvalue weighted by Crippen LogP contribution is 2.22. The summed E-state index contributed by atoms with van der Waals surface area (Å²) in [6.45, 7) is 3.98. The summed E-state index contributed by atoms with van der Waals surface area (Å²) in [5.41, 5.74) is 10.4. The van der Waals surface area contributed by atoms with Crippen LogP contribution in [-0.2, 0) is 0 Å². The topological polar surface area (TPSA) is 24.1 Å². The molecule has 0 saturated heterocycles. The van der Waals surface area contributed by atoms with Crippen molar-refractivity contribution in [3.05, 3.63) is 57.6 Å². The molecule has 0 atom stereocenters. The van der Waals surface area contributed by atoms with Gasteiger partial charge in [-0.1, -0.05) is 23.2 Å². The van der Waals surface area contributed by atoms with Gasteiger partial charge < -0.3 is 10.9 Å². The first-order valence-corrected chi connectivity index (χ1v) is 6.36. The van der Waals surface area contributed by atoms with Crippen LogP contribution in [0, 0.1) is 13.8 Å². The molecule has 2 N–H and O–H groups in total. The molecule has 0 aliphatic rings. The van der Waals surface area contributed by atoms with E-state index in [4.69, 9.17) is 23.2 Å². The SMILES string of the molecule is Cc1cc(NNc2ccc(Cl)cc2C)ccc1Cl. The summed E-state index contributed by atoms with van der Waals surface area (Å²) in [4.78, 5) is 0. The molecule has 0 aromatic heterocycles. The summed E-state index contributed by atoms with van der Waals surface area (Å²) in [6.07, 6.45) is 0. The first-order valence-electron chi connectivity index (χ1n) is 5.60. The molecule has 0 unspecified atom stereocenters. The van der Waals surface area contributed by atoms with E-state index in [2.05, 4.69) is 10.9 Å². The third-order valence-corrected chi connectivity index (χ3v) is 3.35. The van der Waals surface area contributed by atoms with Gasteiger partial charge in [0.25, 0.3) is 0 Å². The fraction of sp³-hybridized carbons (Fsp3) is 0.143. The van der Waals surface area contributed by atoms with Crippen LogP contribution in [-0.4, -0.2) is 0 Å². The minimum absolute atomic E-state index is 0.736. The lowest BCUT2D eigenvalue weighted by atomic mass is 10.2. The van der Waals surface area contributed by atoms with Gasteiger partial charge in [-0.3, -0.25) is 0 Å². The van der Waals surface area contributed by atoms with Gasteiger partial charge in [-0.25, -0.2) is 0 Å². The molecule has 2 aromatic carbocycles. The Morgan fingerprint density at radius 2 is 1.61 bits per heavy atom. The van der Waals surface area contributed by atoms with Crippen LogP contribution >= 0.6 is 23.2 Å². The molecule has 0 aliphatic carbocycles. The van der Waals surface area contributed by atoms with E-state index in [9.17, 15) is 0 Å². The molecule has 0 fully saturated rings. The highest BCUT2D eigenvalue weighted by Gasteiger charge is 2.00. The number of hydrogen-bond donors (Lipinski definition) is 2. The van der Waals surface area contributed by atoms with E-state index in [0.717, 1.165) is 32.5 Å². The van der Waals surface area contributed by atoms with Crippen molar-refractivity contribution in [1.29, 1.82) is 0 Å². The van der Waals surface area contributed by atoms with Gasteiger partial charge in [0, 0.05) is 10.0 Å². The highest BCUT2D eigenvalue weighted by atomic mass is 35.5. The Labute approximate surface area is 117 Å². The molecule has 0 spiro atoms. The average molecular weight is 281 g/mol. The average Bonchev–Trinajstić information content (AvgIpc) is 2.32. The van der Waals surface area contributed by atoms with Gasteiger partial charge in [0.1, 0.15) is 0 Å². The number of hydrazine groups is 1. The van der Waals surface area contributed by atoms with E-state index in [1.807, 2.05) is 50.2 Å². The monoisotopic (exact) mass is 280 g/mol. The predicted molar refractivity (Wildman–Crippen MR) is 79.6 cm³/mol. The van der Waals surface area contributed by atoms with Crippen molar-refractivity contribution in [2.45, 2.75) is 13.8 Å². The van der Waals surface area contributed by atoms with Crippen LogP contribution in [0.15, 0.2) is 36.4 Å². The maximum absolute atomic E-state index is 5.98. The van der Waals surface area contributed by atoms with Gasteiger partial charge in [0.15, 0.2) is 0 Å². The van der Waals surface area contributed by atoms with E-state index in [1.165, 1.54) is 0 Å². The summed E-state index contributed by atoms with van der Waals surface area (Å²) < 4.78 is 0. The maximum Gasteiger partial charge on any atom is 0.0570 e. The van der Waals surface area contributed by atoms with Crippen LogP contribution in [0.25, 0.3) is 0 Å². The summed E-state index contributed by atoms with van der Waals surface area (Å²) in [5.74, 6) is 0. The second-order valence-corrected chi connectivity index (χ2v) is 5.02. The summed E-state index contributed by atoms with van der Waals surface area (Å²) in [5, 5.41) is 1.50. The van der Waals surface area contributed by atoms with Gasteiger partial charge in [0.2, 0.25) is 0 Å². The molecule has 0 saturated carbocycles. The van der Waals surface area contributed by atoms with E-state index in [1.54, 1.807) is 0 Å². The lowest BCUT2D eigenvalue weighted by Gasteiger charge is -2.13. The van der Waals surface area contributed by atoms with Crippen molar-refractivity contribution < 1.29 is 0 Å². The lowest BCUT2D eigenvalue weighted by molar-refractivity contribution is 1.35. The molecule has 2 rings (SSSR count). The Bertz CT molecular complexity index is 568. The summed E-state index contributed by atoms with van der Waals surface area (Å²) in [7, 11) is 0. The molecule has 0 heterocycles. The fourth-order valence-corrected chi connectivity index (χ4v) is 1.97. The number of benzene rings is 2. The Kier molecular flexibility index (Phi) is 4.00. The van der Waals surface area contributed by atoms with Gasteiger partial charge in [-0.2, -0.15) is 0 Å². The van der Waals surface area contributed by atoms with Crippen LogP contribution in [0.4, 0.5) is 11.4 Å². The normalized spacial score (nSPS) is 10.2. The minimum atomic E-state index is 0.736. The first kappa shape index (κ1) is 13.1. The van der Waals surface area contributed by atoms with Crippen molar-refractivity contribution >= 4 is 34.6 Å². The van der Waals surface area contributed by atoms with Crippen LogP contribution < -0.4 is 10.9 Å². The van der Waals surface area contributed by atoms with Crippen LogP contribution in [0.5, 0.6) is 0 Å². The predicted octanol–water partition coefficient (Wildman–Crippen LogP) is 5.05. The fourth-order valence-electron chi connectivity index (χ4n) is 1.63. The van der Waals surface area contributed by atoms with Crippen molar-refractivity contribution in [2.75, 3.05) is 10.9 Å². The molecular weight excluding hydrogens is 267 g/mol. The molecule has 0 bridgehead atoms. The maximum atomic E-state index is 5.98. The van der Waals surface area contributed by atoms with Crippen molar-refractivity contribution in [2.24, 2.45) is 0 Å². The number of nitrogens with one attached hydrogen (secondary N) is 2. The Balaban J connectivity index is 2.09. The molecule has 2 aromatic rings. The van der Waals surface area contributed by atoms with E-state index >= 15 is 0 Å². The van der Waals surface area contributed by atoms with Gasteiger partial charge in [-0.05, 0) is 61.4 Å². The zero-order valence-corrected chi connectivity index (χ0v) is 11.7. The van der Waals surface area contributed by atoms with Gasteiger partial charge in [-0.15, -0.1) is 0 Å². The standard InChI is InChI=1S/C14H14Cl2N2/c1-9-8-12(4-5-13(9)16)17-18-14-6-3-11(15)7-10(14)2/h3-8,17-18H,1-2H3. The lowest BCUT2D eigenvalue weighted by Crippen LogP contribution is -2.09. The zero-order chi connectivity index (χ0) is 13.1. The summed E-state index contributed by atoms with van der Waals surface area (Å²) in [6, 6.07) is 11.5. The highest BCUT2D eigenvalue weighted by molar-refractivity contribution is 6.31. The van der Waals surface area contributed by atoms with E-state index in [-0.39, 0.29) is 0 Å². The molecule has 18 heavy (non-hydrogen) atoms. The smallest absolute Gasteiger partial charge is 0.0570 e. The number of hydrogen-bond acceptors (Lipinski definition) is 2. The number of anilines is 2. The van der Waals surface area contributed by atoms with Gasteiger partial charge in [0.05, 0.1) is 11.4 Å².